The molecule has 1 N–H and O–H groups in total. The Balaban J connectivity index is 2.18. The first-order valence-electron chi connectivity index (χ1n) is 7.74. The Labute approximate surface area is 127 Å². The second kappa shape index (κ2) is 6.48. The Bertz CT molecular complexity index is 501. The van der Waals surface area contributed by atoms with Crippen LogP contribution in [0.15, 0.2) is 24.3 Å². The third kappa shape index (κ3) is 3.56. The fourth-order valence-corrected chi connectivity index (χ4v) is 3.05. The summed E-state index contributed by atoms with van der Waals surface area (Å²) in [4.78, 5) is 14.7. The molecule has 116 valence electrons. The van der Waals surface area contributed by atoms with Crippen molar-refractivity contribution >= 4 is 11.7 Å². The lowest BCUT2D eigenvalue weighted by Gasteiger charge is -2.35. The molecule has 1 aromatic rings. The van der Waals surface area contributed by atoms with Crippen molar-refractivity contribution in [3.8, 4) is 0 Å². The number of benzene rings is 1. The molecule has 0 aliphatic carbocycles. The molecule has 0 bridgehead atoms. The van der Waals surface area contributed by atoms with Crippen LogP contribution in [0.4, 0.5) is 5.69 Å². The van der Waals surface area contributed by atoms with E-state index in [0.717, 1.165) is 13.0 Å². The number of para-hydroxylation sites is 1. The van der Waals surface area contributed by atoms with Crippen molar-refractivity contribution in [1.29, 1.82) is 0 Å². The molecule has 2 rings (SSSR count). The van der Waals surface area contributed by atoms with Crippen LogP contribution in [0.1, 0.15) is 33.3 Å². The van der Waals surface area contributed by atoms with Gasteiger partial charge in [0.15, 0.2) is 0 Å². The van der Waals surface area contributed by atoms with Crippen LogP contribution in [0.3, 0.4) is 0 Å². The van der Waals surface area contributed by atoms with Gasteiger partial charge in [0.25, 0.3) is 0 Å². The van der Waals surface area contributed by atoms with Crippen LogP contribution in [-0.2, 0) is 16.0 Å². The molecule has 1 unspecified atom stereocenters. The number of carbonyl (C=O) groups is 1. The molecule has 1 aliphatic rings. The Morgan fingerprint density at radius 1 is 1.43 bits per heavy atom. The van der Waals surface area contributed by atoms with Gasteiger partial charge in [0, 0.05) is 24.8 Å². The third-order valence-electron chi connectivity index (χ3n) is 3.82. The van der Waals surface area contributed by atoms with Gasteiger partial charge >= 0.3 is 5.97 Å². The molecule has 0 radical (unpaired) electrons. The highest BCUT2D eigenvalue weighted by atomic mass is 16.5. The van der Waals surface area contributed by atoms with E-state index in [9.17, 15) is 4.79 Å². The summed E-state index contributed by atoms with van der Waals surface area (Å²) in [5.74, 6) is -0.178. The van der Waals surface area contributed by atoms with Crippen LogP contribution >= 0.6 is 0 Å². The number of anilines is 1. The largest absolute Gasteiger partial charge is 0.465 e. The van der Waals surface area contributed by atoms with Crippen LogP contribution in [0.5, 0.6) is 0 Å². The van der Waals surface area contributed by atoms with E-state index in [0.29, 0.717) is 13.2 Å². The van der Waals surface area contributed by atoms with Gasteiger partial charge in [0.2, 0.25) is 0 Å². The van der Waals surface area contributed by atoms with Gasteiger partial charge in [-0.15, -0.1) is 0 Å². The van der Waals surface area contributed by atoms with Crippen LogP contribution < -0.4 is 10.2 Å². The zero-order valence-electron chi connectivity index (χ0n) is 13.5. The number of esters is 1. The number of hydrogen-bond acceptors (Lipinski definition) is 4. The van der Waals surface area contributed by atoms with Gasteiger partial charge in [-0.1, -0.05) is 18.2 Å². The monoisotopic (exact) mass is 290 g/mol. The minimum Gasteiger partial charge on any atom is -0.465 e. The molecule has 4 heteroatoms. The van der Waals surface area contributed by atoms with Crippen molar-refractivity contribution in [2.45, 2.75) is 45.7 Å². The molecular formula is C17H26N2O2. The number of ether oxygens (including phenoxy) is 1. The number of fused-ring (bicyclic) bond motifs is 1. The van der Waals surface area contributed by atoms with Crippen molar-refractivity contribution in [2.24, 2.45) is 0 Å². The van der Waals surface area contributed by atoms with E-state index in [1.165, 1.54) is 11.3 Å². The van der Waals surface area contributed by atoms with E-state index < -0.39 is 5.54 Å². The Morgan fingerprint density at radius 3 is 2.81 bits per heavy atom. The maximum atomic E-state index is 12.4. The summed E-state index contributed by atoms with van der Waals surface area (Å²) in [7, 11) is 0. The first-order valence-corrected chi connectivity index (χ1v) is 7.74. The van der Waals surface area contributed by atoms with Gasteiger partial charge in [-0.25, -0.2) is 4.79 Å². The van der Waals surface area contributed by atoms with Crippen LogP contribution in [-0.4, -0.2) is 37.2 Å². The van der Waals surface area contributed by atoms with E-state index >= 15 is 0 Å². The Kier molecular flexibility index (Phi) is 4.88. The van der Waals surface area contributed by atoms with Gasteiger partial charge in [-0.2, -0.15) is 0 Å². The molecule has 21 heavy (non-hydrogen) atoms. The predicted octanol–water partition coefficient (Wildman–Crippen LogP) is 2.37. The first kappa shape index (κ1) is 15.8. The van der Waals surface area contributed by atoms with Gasteiger partial charge in [0.05, 0.1) is 6.61 Å². The fraction of sp³-hybridized carbons (Fsp3) is 0.588. The maximum absolute atomic E-state index is 12.4. The number of nitrogens with one attached hydrogen (secondary N) is 1. The smallest absolute Gasteiger partial charge is 0.327 e. The van der Waals surface area contributed by atoms with Crippen molar-refractivity contribution < 1.29 is 9.53 Å². The Hall–Kier alpha value is -1.55. The van der Waals surface area contributed by atoms with Crippen molar-refractivity contribution in [3.05, 3.63) is 29.8 Å². The molecule has 0 saturated heterocycles. The van der Waals surface area contributed by atoms with E-state index in [4.69, 9.17) is 4.74 Å². The van der Waals surface area contributed by atoms with Gasteiger partial charge in [-0.3, -0.25) is 5.32 Å². The van der Waals surface area contributed by atoms with E-state index in [1.54, 1.807) is 0 Å². The Morgan fingerprint density at radius 2 is 2.14 bits per heavy atom. The molecule has 0 amide bonds. The second-order valence-corrected chi connectivity index (χ2v) is 6.15. The third-order valence-corrected chi connectivity index (χ3v) is 3.82. The summed E-state index contributed by atoms with van der Waals surface area (Å²) < 4.78 is 5.28. The molecule has 0 spiro atoms. The van der Waals surface area contributed by atoms with Crippen LogP contribution in [0, 0.1) is 0 Å². The van der Waals surface area contributed by atoms with Crippen molar-refractivity contribution in [3.63, 3.8) is 0 Å². The van der Waals surface area contributed by atoms with E-state index in [2.05, 4.69) is 48.3 Å². The zero-order chi connectivity index (χ0) is 15.5. The van der Waals surface area contributed by atoms with Crippen molar-refractivity contribution in [2.75, 3.05) is 24.6 Å². The molecule has 0 aromatic heterocycles. The SMILES string of the molecule is CCOC(=O)C(C)(CN1CCc2ccccc21)NC(C)C. The molecule has 1 heterocycles. The highest BCUT2D eigenvalue weighted by Gasteiger charge is 2.38. The predicted molar refractivity (Wildman–Crippen MR) is 85.7 cm³/mol. The van der Waals surface area contributed by atoms with E-state index in [1.807, 2.05) is 13.8 Å². The van der Waals surface area contributed by atoms with Gasteiger partial charge in [-0.05, 0) is 45.7 Å². The highest BCUT2D eigenvalue weighted by molar-refractivity contribution is 5.81. The standard InChI is InChI=1S/C17H26N2O2/c1-5-21-16(20)17(4,18-13(2)3)12-19-11-10-14-8-6-7-9-15(14)19/h6-9,13,18H,5,10-12H2,1-4H3. The molecule has 4 nitrogen and oxygen atoms in total. The maximum Gasteiger partial charge on any atom is 0.327 e. The van der Waals surface area contributed by atoms with Crippen LogP contribution in [0.2, 0.25) is 0 Å². The molecule has 1 aromatic carbocycles. The quantitative estimate of drug-likeness (QED) is 0.817. The lowest BCUT2D eigenvalue weighted by Crippen LogP contribution is -2.59. The van der Waals surface area contributed by atoms with Gasteiger partial charge in [0.1, 0.15) is 5.54 Å². The normalized spacial score (nSPS) is 16.7. The number of rotatable bonds is 6. The summed E-state index contributed by atoms with van der Waals surface area (Å²) in [6, 6.07) is 8.63. The first-order chi connectivity index (χ1) is 9.96. The topological polar surface area (TPSA) is 41.6 Å². The average Bonchev–Trinajstić information content (AvgIpc) is 2.81. The lowest BCUT2D eigenvalue weighted by molar-refractivity contribution is -0.150. The van der Waals surface area contributed by atoms with Gasteiger partial charge < -0.3 is 9.64 Å². The van der Waals surface area contributed by atoms with E-state index in [-0.39, 0.29) is 12.0 Å². The highest BCUT2D eigenvalue weighted by Crippen LogP contribution is 2.29. The lowest BCUT2D eigenvalue weighted by atomic mass is 10.00. The second-order valence-electron chi connectivity index (χ2n) is 6.15. The fourth-order valence-electron chi connectivity index (χ4n) is 3.05. The minimum atomic E-state index is -0.693. The molecule has 0 saturated carbocycles. The number of hydrogen-bond donors (Lipinski definition) is 1. The zero-order valence-corrected chi connectivity index (χ0v) is 13.5. The minimum absolute atomic E-state index is 0.178. The summed E-state index contributed by atoms with van der Waals surface area (Å²) in [6.07, 6.45) is 1.04. The summed E-state index contributed by atoms with van der Waals surface area (Å²) in [6.45, 7) is 9.87. The summed E-state index contributed by atoms with van der Waals surface area (Å²) in [5.41, 5.74) is 1.90. The molecule has 1 aliphatic heterocycles. The van der Waals surface area contributed by atoms with Crippen LogP contribution in [0.25, 0.3) is 0 Å². The number of carbonyl (C=O) groups excluding carboxylic acids is 1. The molecule has 0 fully saturated rings. The van der Waals surface area contributed by atoms with Crippen molar-refractivity contribution in [1.82, 2.24) is 5.32 Å². The number of nitrogens with zero attached hydrogens (tertiary/aromatic N) is 1. The summed E-state index contributed by atoms with van der Waals surface area (Å²) in [5, 5.41) is 3.38. The average molecular weight is 290 g/mol. The summed E-state index contributed by atoms with van der Waals surface area (Å²) >= 11 is 0. The molecule has 1 atom stereocenters. The molecular weight excluding hydrogens is 264 g/mol.